The predicted molar refractivity (Wildman–Crippen MR) is 93.6 cm³/mol. The van der Waals surface area contributed by atoms with E-state index in [2.05, 4.69) is 4.98 Å². The SMILES string of the molecule is O=C(c1cccnc1Cl)N(Cc1ccccc1)Cc1cccs1. The van der Waals surface area contributed by atoms with Gasteiger partial charge in [0.15, 0.2) is 0 Å². The van der Waals surface area contributed by atoms with Gasteiger partial charge >= 0.3 is 0 Å². The minimum Gasteiger partial charge on any atom is -0.329 e. The third-order valence-corrected chi connectivity index (χ3v) is 4.58. The summed E-state index contributed by atoms with van der Waals surface area (Å²) < 4.78 is 0. The average molecular weight is 343 g/mol. The van der Waals surface area contributed by atoms with Crippen LogP contribution in [0.4, 0.5) is 0 Å². The van der Waals surface area contributed by atoms with Gasteiger partial charge in [-0.05, 0) is 29.1 Å². The monoisotopic (exact) mass is 342 g/mol. The molecule has 23 heavy (non-hydrogen) atoms. The molecule has 1 aromatic carbocycles. The lowest BCUT2D eigenvalue weighted by Crippen LogP contribution is -2.30. The van der Waals surface area contributed by atoms with Crippen LogP contribution in [-0.2, 0) is 13.1 Å². The van der Waals surface area contributed by atoms with Crippen LogP contribution in [0, 0.1) is 0 Å². The van der Waals surface area contributed by atoms with Gasteiger partial charge in [0.25, 0.3) is 5.91 Å². The van der Waals surface area contributed by atoms with Gasteiger partial charge < -0.3 is 4.90 Å². The first-order chi connectivity index (χ1) is 11.2. The lowest BCUT2D eigenvalue weighted by molar-refractivity contribution is 0.0731. The van der Waals surface area contributed by atoms with Crippen molar-refractivity contribution in [1.29, 1.82) is 0 Å². The molecule has 0 aliphatic rings. The highest BCUT2D eigenvalue weighted by atomic mass is 35.5. The van der Waals surface area contributed by atoms with Gasteiger partial charge in [0.05, 0.1) is 12.1 Å². The van der Waals surface area contributed by atoms with E-state index >= 15 is 0 Å². The van der Waals surface area contributed by atoms with Crippen molar-refractivity contribution in [1.82, 2.24) is 9.88 Å². The van der Waals surface area contributed by atoms with Crippen molar-refractivity contribution in [2.45, 2.75) is 13.1 Å². The summed E-state index contributed by atoms with van der Waals surface area (Å²) in [6.45, 7) is 1.08. The zero-order valence-electron chi connectivity index (χ0n) is 12.4. The number of rotatable bonds is 5. The van der Waals surface area contributed by atoms with Crippen molar-refractivity contribution in [3.63, 3.8) is 0 Å². The van der Waals surface area contributed by atoms with Crippen LogP contribution in [0.1, 0.15) is 20.8 Å². The third-order valence-electron chi connectivity index (χ3n) is 3.42. The Morgan fingerprint density at radius 2 is 1.87 bits per heavy atom. The number of nitrogens with zero attached hydrogens (tertiary/aromatic N) is 2. The van der Waals surface area contributed by atoms with Crippen molar-refractivity contribution < 1.29 is 4.79 Å². The molecule has 0 atom stereocenters. The average Bonchev–Trinajstić information content (AvgIpc) is 3.08. The summed E-state index contributed by atoms with van der Waals surface area (Å²) in [5, 5.41) is 2.25. The lowest BCUT2D eigenvalue weighted by Gasteiger charge is -2.22. The van der Waals surface area contributed by atoms with E-state index in [1.165, 1.54) is 0 Å². The number of hydrogen-bond acceptors (Lipinski definition) is 3. The zero-order chi connectivity index (χ0) is 16.1. The minimum absolute atomic E-state index is 0.111. The van der Waals surface area contributed by atoms with Crippen LogP contribution >= 0.6 is 22.9 Å². The van der Waals surface area contributed by atoms with Crippen molar-refractivity contribution in [2.75, 3.05) is 0 Å². The van der Waals surface area contributed by atoms with E-state index in [1.54, 1.807) is 34.6 Å². The van der Waals surface area contributed by atoms with Crippen LogP contribution in [0.5, 0.6) is 0 Å². The molecule has 0 saturated carbocycles. The van der Waals surface area contributed by atoms with Crippen LogP contribution in [-0.4, -0.2) is 15.8 Å². The topological polar surface area (TPSA) is 33.2 Å². The number of carbonyl (C=O) groups excluding carboxylic acids is 1. The Morgan fingerprint density at radius 3 is 2.57 bits per heavy atom. The molecule has 0 unspecified atom stereocenters. The normalized spacial score (nSPS) is 10.5. The highest BCUT2D eigenvalue weighted by Crippen LogP contribution is 2.20. The van der Waals surface area contributed by atoms with Crippen molar-refractivity contribution in [3.8, 4) is 0 Å². The number of halogens is 1. The van der Waals surface area contributed by atoms with Crippen LogP contribution in [0.25, 0.3) is 0 Å². The number of hydrogen-bond donors (Lipinski definition) is 0. The van der Waals surface area contributed by atoms with Gasteiger partial charge in [-0.3, -0.25) is 4.79 Å². The largest absolute Gasteiger partial charge is 0.329 e. The molecule has 0 N–H and O–H groups in total. The second-order valence-electron chi connectivity index (χ2n) is 5.07. The molecule has 2 aromatic heterocycles. The van der Waals surface area contributed by atoms with Crippen LogP contribution < -0.4 is 0 Å². The first kappa shape index (κ1) is 15.7. The maximum absolute atomic E-state index is 12.9. The van der Waals surface area contributed by atoms with E-state index in [-0.39, 0.29) is 11.1 Å². The van der Waals surface area contributed by atoms with E-state index in [1.807, 2.05) is 47.8 Å². The summed E-state index contributed by atoms with van der Waals surface area (Å²) in [7, 11) is 0. The summed E-state index contributed by atoms with van der Waals surface area (Å²) in [5.41, 5.74) is 1.51. The second kappa shape index (κ2) is 7.40. The molecule has 3 aromatic rings. The Balaban J connectivity index is 1.88. The molecule has 3 nitrogen and oxygen atoms in total. The Hall–Kier alpha value is -2.17. The molecule has 0 radical (unpaired) electrons. The number of pyridine rings is 1. The number of benzene rings is 1. The predicted octanol–water partition coefficient (Wildman–Crippen LogP) is 4.64. The maximum atomic E-state index is 12.9. The molecule has 0 fully saturated rings. The Bertz CT molecular complexity index is 775. The lowest BCUT2D eigenvalue weighted by atomic mass is 10.2. The molecule has 3 rings (SSSR count). The van der Waals surface area contributed by atoms with Crippen molar-refractivity contribution >= 4 is 28.8 Å². The Morgan fingerprint density at radius 1 is 1.04 bits per heavy atom. The standard InChI is InChI=1S/C18H15ClN2OS/c19-17-16(9-4-10-20-17)18(22)21(13-15-8-5-11-23-15)12-14-6-2-1-3-7-14/h1-11H,12-13H2. The number of amides is 1. The quantitative estimate of drug-likeness (QED) is 0.633. The van der Waals surface area contributed by atoms with E-state index in [9.17, 15) is 4.79 Å². The summed E-state index contributed by atoms with van der Waals surface area (Å²) in [4.78, 5) is 19.8. The van der Waals surface area contributed by atoms with Crippen LogP contribution in [0.2, 0.25) is 5.15 Å². The van der Waals surface area contributed by atoms with Gasteiger partial charge in [0.1, 0.15) is 5.15 Å². The number of aromatic nitrogens is 1. The molecular weight excluding hydrogens is 328 g/mol. The number of carbonyl (C=O) groups is 1. The van der Waals surface area contributed by atoms with Crippen LogP contribution in [0.3, 0.4) is 0 Å². The molecule has 116 valence electrons. The summed E-state index contributed by atoms with van der Waals surface area (Å²) >= 11 is 7.73. The minimum atomic E-state index is -0.111. The van der Waals surface area contributed by atoms with Crippen molar-refractivity contribution in [3.05, 3.63) is 87.3 Å². The molecule has 1 amide bonds. The van der Waals surface area contributed by atoms with E-state index in [0.29, 0.717) is 18.7 Å². The maximum Gasteiger partial charge on any atom is 0.257 e. The fourth-order valence-corrected chi connectivity index (χ4v) is 3.23. The van der Waals surface area contributed by atoms with E-state index in [4.69, 9.17) is 11.6 Å². The highest BCUT2D eigenvalue weighted by molar-refractivity contribution is 7.09. The molecule has 2 heterocycles. The smallest absolute Gasteiger partial charge is 0.257 e. The van der Waals surface area contributed by atoms with Crippen LogP contribution in [0.15, 0.2) is 66.2 Å². The van der Waals surface area contributed by atoms with Gasteiger partial charge in [0, 0.05) is 17.6 Å². The first-order valence-corrected chi connectivity index (χ1v) is 8.46. The molecule has 0 aliphatic heterocycles. The zero-order valence-corrected chi connectivity index (χ0v) is 13.9. The molecule has 0 aliphatic carbocycles. The molecule has 0 spiro atoms. The summed E-state index contributed by atoms with van der Waals surface area (Å²) in [5.74, 6) is -0.111. The molecular formula is C18H15ClN2OS. The molecule has 0 bridgehead atoms. The first-order valence-electron chi connectivity index (χ1n) is 7.20. The third kappa shape index (κ3) is 3.97. The van der Waals surface area contributed by atoms with Gasteiger partial charge in [0.2, 0.25) is 0 Å². The van der Waals surface area contributed by atoms with Gasteiger partial charge in [-0.2, -0.15) is 0 Å². The molecule has 5 heteroatoms. The Kier molecular flexibility index (Phi) is 5.05. The highest BCUT2D eigenvalue weighted by Gasteiger charge is 2.19. The van der Waals surface area contributed by atoms with Gasteiger partial charge in [-0.25, -0.2) is 4.98 Å². The van der Waals surface area contributed by atoms with Gasteiger partial charge in [-0.15, -0.1) is 11.3 Å². The second-order valence-corrected chi connectivity index (χ2v) is 6.46. The van der Waals surface area contributed by atoms with Crippen molar-refractivity contribution in [2.24, 2.45) is 0 Å². The summed E-state index contributed by atoms with van der Waals surface area (Å²) in [6, 6.07) is 17.4. The fraction of sp³-hybridized carbons (Fsp3) is 0.111. The fourth-order valence-electron chi connectivity index (χ4n) is 2.31. The summed E-state index contributed by atoms with van der Waals surface area (Å²) in [6.07, 6.45) is 1.58. The van der Waals surface area contributed by atoms with Gasteiger partial charge in [-0.1, -0.05) is 48.0 Å². The molecule has 0 saturated heterocycles. The van der Waals surface area contributed by atoms with E-state index < -0.39 is 0 Å². The Labute approximate surface area is 144 Å². The number of thiophene rings is 1. The van der Waals surface area contributed by atoms with E-state index in [0.717, 1.165) is 10.4 Å².